The van der Waals surface area contributed by atoms with Gasteiger partial charge in [0.15, 0.2) is 0 Å². The summed E-state index contributed by atoms with van der Waals surface area (Å²) in [6.45, 7) is 1.83. The maximum atomic E-state index is 12.2. The van der Waals surface area contributed by atoms with E-state index >= 15 is 0 Å². The first-order valence-corrected chi connectivity index (χ1v) is 6.15. The van der Waals surface area contributed by atoms with Crippen molar-refractivity contribution in [1.29, 1.82) is 0 Å². The Morgan fingerprint density at radius 3 is 2.68 bits per heavy atom. The number of likely N-dealkylation sites (tertiary alicyclic amines) is 1. The van der Waals surface area contributed by atoms with Crippen molar-refractivity contribution in [3.05, 3.63) is 39.9 Å². The summed E-state index contributed by atoms with van der Waals surface area (Å²) in [6.07, 6.45) is 0.750. The molecule has 0 saturated carbocycles. The van der Waals surface area contributed by atoms with E-state index in [-0.39, 0.29) is 17.5 Å². The molecule has 1 unspecified atom stereocenters. The maximum absolute atomic E-state index is 12.2. The number of non-ortho nitro benzene ring substituents is 1. The Morgan fingerprint density at radius 1 is 1.42 bits per heavy atom. The number of benzene rings is 1. The van der Waals surface area contributed by atoms with Gasteiger partial charge in [0.1, 0.15) is 0 Å². The lowest BCUT2D eigenvalue weighted by Crippen LogP contribution is -2.30. The second-order valence-electron chi connectivity index (χ2n) is 4.51. The summed E-state index contributed by atoms with van der Waals surface area (Å²) in [5, 5.41) is 10.6. The number of carbonyl (C=O) groups excluding carboxylic acids is 1. The maximum Gasteiger partial charge on any atom is 0.269 e. The molecule has 1 fully saturated rings. The summed E-state index contributed by atoms with van der Waals surface area (Å²) in [4.78, 5) is 24.1. The van der Waals surface area contributed by atoms with Crippen LogP contribution in [0.4, 0.5) is 5.69 Å². The highest BCUT2D eigenvalue weighted by Gasteiger charge is 2.32. The SMILES string of the molecule is COCCN1CCC(c2ccc([N+](=O)[O-])cc2)C1=O. The molecule has 6 nitrogen and oxygen atoms in total. The molecule has 1 saturated heterocycles. The molecule has 1 amide bonds. The highest BCUT2D eigenvalue weighted by Crippen LogP contribution is 2.29. The molecule has 1 heterocycles. The van der Waals surface area contributed by atoms with Crippen LogP contribution in [0.2, 0.25) is 0 Å². The van der Waals surface area contributed by atoms with E-state index in [0.29, 0.717) is 19.7 Å². The molecule has 0 aliphatic carbocycles. The molecule has 19 heavy (non-hydrogen) atoms. The van der Waals surface area contributed by atoms with Crippen molar-refractivity contribution in [2.45, 2.75) is 12.3 Å². The lowest BCUT2D eigenvalue weighted by Gasteiger charge is -2.16. The number of hydrogen-bond donors (Lipinski definition) is 0. The van der Waals surface area contributed by atoms with E-state index in [1.807, 2.05) is 0 Å². The number of nitro benzene ring substituents is 1. The van der Waals surface area contributed by atoms with Crippen LogP contribution in [-0.4, -0.2) is 42.5 Å². The minimum absolute atomic E-state index is 0.0467. The van der Waals surface area contributed by atoms with Crippen LogP contribution in [0.5, 0.6) is 0 Å². The van der Waals surface area contributed by atoms with Gasteiger partial charge in [-0.15, -0.1) is 0 Å². The lowest BCUT2D eigenvalue weighted by molar-refractivity contribution is -0.384. The van der Waals surface area contributed by atoms with Crippen molar-refractivity contribution in [2.24, 2.45) is 0 Å². The normalized spacial score (nSPS) is 18.9. The van der Waals surface area contributed by atoms with E-state index in [9.17, 15) is 14.9 Å². The number of hydrogen-bond acceptors (Lipinski definition) is 4. The summed E-state index contributed by atoms with van der Waals surface area (Å²) >= 11 is 0. The summed E-state index contributed by atoms with van der Waals surface area (Å²) in [5.41, 5.74) is 0.890. The van der Waals surface area contributed by atoms with E-state index < -0.39 is 4.92 Å². The number of amides is 1. The van der Waals surface area contributed by atoms with Crippen molar-refractivity contribution in [2.75, 3.05) is 26.8 Å². The van der Waals surface area contributed by atoms with Gasteiger partial charge in [-0.1, -0.05) is 12.1 Å². The van der Waals surface area contributed by atoms with Gasteiger partial charge in [0.2, 0.25) is 5.91 Å². The molecule has 0 bridgehead atoms. The molecule has 1 aromatic carbocycles. The third kappa shape index (κ3) is 2.90. The highest BCUT2D eigenvalue weighted by molar-refractivity contribution is 5.85. The number of rotatable bonds is 5. The fourth-order valence-corrected chi connectivity index (χ4v) is 2.30. The van der Waals surface area contributed by atoms with Gasteiger partial charge in [0.25, 0.3) is 5.69 Å². The molecule has 6 heteroatoms. The van der Waals surface area contributed by atoms with Gasteiger partial charge < -0.3 is 9.64 Å². The molecular formula is C13H16N2O4. The predicted molar refractivity (Wildman–Crippen MR) is 68.9 cm³/mol. The Bertz CT molecular complexity index is 472. The molecule has 1 aromatic rings. The van der Waals surface area contributed by atoms with E-state index in [0.717, 1.165) is 12.0 Å². The van der Waals surface area contributed by atoms with Gasteiger partial charge in [0, 0.05) is 32.3 Å². The van der Waals surface area contributed by atoms with Crippen LogP contribution in [0.3, 0.4) is 0 Å². The number of nitrogens with zero attached hydrogens (tertiary/aromatic N) is 2. The molecular weight excluding hydrogens is 248 g/mol. The molecule has 1 atom stereocenters. The average Bonchev–Trinajstić information content (AvgIpc) is 2.78. The second kappa shape index (κ2) is 5.79. The Hall–Kier alpha value is -1.95. The van der Waals surface area contributed by atoms with Gasteiger partial charge in [-0.3, -0.25) is 14.9 Å². The molecule has 0 N–H and O–H groups in total. The first-order chi connectivity index (χ1) is 9.13. The van der Waals surface area contributed by atoms with Crippen molar-refractivity contribution >= 4 is 11.6 Å². The second-order valence-corrected chi connectivity index (χ2v) is 4.51. The Kier molecular flexibility index (Phi) is 4.11. The number of methoxy groups -OCH3 is 1. The first-order valence-electron chi connectivity index (χ1n) is 6.15. The van der Waals surface area contributed by atoms with Gasteiger partial charge in [0.05, 0.1) is 17.4 Å². The fraction of sp³-hybridized carbons (Fsp3) is 0.462. The predicted octanol–water partition coefficient (Wildman–Crippen LogP) is 1.56. The van der Waals surface area contributed by atoms with Crippen LogP contribution in [0.25, 0.3) is 0 Å². The third-order valence-electron chi connectivity index (χ3n) is 3.37. The highest BCUT2D eigenvalue weighted by atomic mass is 16.6. The summed E-state index contributed by atoms with van der Waals surface area (Å²) < 4.78 is 4.97. The van der Waals surface area contributed by atoms with Crippen LogP contribution in [0.1, 0.15) is 17.9 Å². The number of carbonyl (C=O) groups is 1. The van der Waals surface area contributed by atoms with E-state index in [1.54, 1.807) is 24.1 Å². The van der Waals surface area contributed by atoms with Gasteiger partial charge in [-0.2, -0.15) is 0 Å². The molecule has 102 valence electrons. The van der Waals surface area contributed by atoms with Gasteiger partial charge >= 0.3 is 0 Å². The van der Waals surface area contributed by atoms with Crippen LogP contribution in [0.15, 0.2) is 24.3 Å². The molecule has 0 aromatic heterocycles. The summed E-state index contributed by atoms with van der Waals surface area (Å²) in [6, 6.07) is 6.22. The van der Waals surface area contributed by atoms with Crippen molar-refractivity contribution in [3.63, 3.8) is 0 Å². The number of nitro groups is 1. The zero-order valence-electron chi connectivity index (χ0n) is 10.7. The summed E-state index contributed by atoms with van der Waals surface area (Å²) in [5.74, 6) is -0.108. The van der Waals surface area contributed by atoms with Crippen molar-refractivity contribution < 1.29 is 14.5 Å². The smallest absolute Gasteiger partial charge is 0.269 e. The molecule has 0 spiro atoms. The van der Waals surface area contributed by atoms with Gasteiger partial charge in [-0.25, -0.2) is 0 Å². The van der Waals surface area contributed by atoms with Crippen LogP contribution in [0, 0.1) is 10.1 Å². The van der Waals surface area contributed by atoms with Crippen LogP contribution in [-0.2, 0) is 9.53 Å². The molecule has 0 radical (unpaired) electrons. The minimum Gasteiger partial charge on any atom is -0.383 e. The first kappa shape index (κ1) is 13.5. The van der Waals surface area contributed by atoms with Crippen molar-refractivity contribution in [3.8, 4) is 0 Å². The zero-order chi connectivity index (χ0) is 13.8. The van der Waals surface area contributed by atoms with Crippen LogP contribution < -0.4 is 0 Å². The fourth-order valence-electron chi connectivity index (χ4n) is 2.30. The summed E-state index contributed by atoms with van der Waals surface area (Å²) in [7, 11) is 1.61. The minimum atomic E-state index is -0.439. The van der Waals surface area contributed by atoms with Crippen molar-refractivity contribution in [1.82, 2.24) is 4.90 Å². The van der Waals surface area contributed by atoms with Crippen LogP contribution >= 0.6 is 0 Å². The zero-order valence-corrected chi connectivity index (χ0v) is 10.7. The average molecular weight is 264 g/mol. The Morgan fingerprint density at radius 2 is 2.11 bits per heavy atom. The Labute approximate surface area is 111 Å². The lowest BCUT2D eigenvalue weighted by atomic mass is 9.97. The third-order valence-corrected chi connectivity index (χ3v) is 3.37. The molecule has 1 aliphatic heterocycles. The molecule has 2 rings (SSSR count). The largest absolute Gasteiger partial charge is 0.383 e. The molecule has 1 aliphatic rings. The monoisotopic (exact) mass is 264 g/mol. The van der Waals surface area contributed by atoms with Gasteiger partial charge in [-0.05, 0) is 12.0 Å². The topological polar surface area (TPSA) is 72.7 Å². The quantitative estimate of drug-likeness (QED) is 0.597. The van der Waals surface area contributed by atoms with E-state index in [4.69, 9.17) is 4.74 Å². The Balaban J connectivity index is 2.06. The van der Waals surface area contributed by atoms with E-state index in [2.05, 4.69) is 0 Å². The number of ether oxygens (including phenoxy) is 1. The van der Waals surface area contributed by atoms with E-state index in [1.165, 1.54) is 12.1 Å². The standard InChI is InChI=1S/C13H16N2O4/c1-19-9-8-14-7-6-12(13(14)16)10-2-4-11(5-3-10)15(17)18/h2-5,12H,6-9H2,1H3.